The Morgan fingerprint density at radius 3 is 2.94 bits per heavy atom. The van der Waals surface area contributed by atoms with Gasteiger partial charge in [-0.3, -0.25) is 0 Å². The minimum atomic E-state index is -0.456. The average Bonchev–Trinajstić information content (AvgIpc) is 2.82. The molecule has 7 heteroatoms. The van der Waals surface area contributed by atoms with Crippen LogP contribution in [0.2, 0.25) is 0 Å². The van der Waals surface area contributed by atoms with Crippen molar-refractivity contribution in [2.24, 2.45) is 0 Å². The zero-order valence-corrected chi connectivity index (χ0v) is 10.2. The topological polar surface area (TPSA) is 78.8 Å². The predicted molar refractivity (Wildman–Crippen MR) is 64.2 cm³/mol. The summed E-state index contributed by atoms with van der Waals surface area (Å²) in [6.45, 7) is 2.41. The molecule has 0 saturated heterocycles. The Balaban J connectivity index is 2.39. The second-order valence-electron chi connectivity index (χ2n) is 3.99. The van der Waals surface area contributed by atoms with E-state index in [4.69, 9.17) is 10.5 Å². The van der Waals surface area contributed by atoms with Gasteiger partial charge in [-0.2, -0.15) is 0 Å². The average molecular weight is 251 g/mol. The summed E-state index contributed by atoms with van der Waals surface area (Å²) in [6, 6.07) is 4.38. The number of benzene rings is 1. The Labute approximate surface area is 104 Å². The van der Waals surface area contributed by atoms with Crippen molar-refractivity contribution < 1.29 is 9.13 Å². The van der Waals surface area contributed by atoms with Gasteiger partial charge in [0.2, 0.25) is 0 Å². The first-order valence-corrected chi connectivity index (χ1v) is 5.45. The molecule has 2 aromatic rings. The van der Waals surface area contributed by atoms with E-state index in [1.165, 1.54) is 12.1 Å². The van der Waals surface area contributed by atoms with E-state index < -0.39 is 5.82 Å². The zero-order valence-electron chi connectivity index (χ0n) is 10.2. The molecule has 18 heavy (non-hydrogen) atoms. The maximum absolute atomic E-state index is 13.1. The summed E-state index contributed by atoms with van der Waals surface area (Å²) in [5.74, 6) is 0.0777. The molecule has 1 unspecified atom stereocenters. The van der Waals surface area contributed by atoms with Crippen molar-refractivity contribution in [2.75, 3.05) is 19.5 Å². The van der Waals surface area contributed by atoms with Crippen molar-refractivity contribution in [2.45, 2.75) is 13.0 Å². The van der Waals surface area contributed by atoms with Gasteiger partial charge in [0.05, 0.1) is 18.3 Å². The molecule has 0 bridgehead atoms. The molecule has 96 valence electrons. The van der Waals surface area contributed by atoms with Gasteiger partial charge in [0.15, 0.2) is 5.82 Å². The highest BCUT2D eigenvalue weighted by molar-refractivity contribution is 5.61. The van der Waals surface area contributed by atoms with E-state index in [2.05, 4.69) is 15.5 Å². The Bertz CT molecular complexity index is 542. The highest BCUT2D eigenvalue weighted by atomic mass is 19.1. The molecular formula is C11H14FN5O. The molecule has 0 amide bonds. The molecule has 1 heterocycles. The fourth-order valence-electron chi connectivity index (χ4n) is 1.68. The second kappa shape index (κ2) is 5.09. The summed E-state index contributed by atoms with van der Waals surface area (Å²) in [4.78, 5) is 0. The number of hydrogen-bond donors (Lipinski definition) is 1. The molecule has 0 aliphatic rings. The third-order valence-corrected chi connectivity index (χ3v) is 2.57. The quantitative estimate of drug-likeness (QED) is 0.828. The lowest BCUT2D eigenvalue weighted by Gasteiger charge is -2.12. The van der Waals surface area contributed by atoms with Crippen LogP contribution >= 0.6 is 0 Å². The molecule has 6 nitrogen and oxygen atoms in total. The van der Waals surface area contributed by atoms with Crippen molar-refractivity contribution in [1.82, 2.24) is 20.2 Å². The molecule has 2 rings (SSSR count). The van der Waals surface area contributed by atoms with Crippen LogP contribution in [0.1, 0.15) is 13.0 Å². The monoisotopic (exact) mass is 251 g/mol. The highest BCUT2D eigenvalue weighted by Gasteiger charge is 2.15. The third-order valence-electron chi connectivity index (χ3n) is 2.57. The number of nitrogens with zero attached hydrogens (tertiary/aromatic N) is 4. The van der Waals surface area contributed by atoms with Crippen molar-refractivity contribution in [1.29, 1.82) is 0 Å². The summed E-state index contributed by atoms with van der Waals surface area (Å²) in [7, 11) is 1.61. The number of rotatable bonds is 4. The van der Waals surface area contributed by atoms with E-state index in [1.54, 1.807) is 17.9 Å². The van der Waals surface area contributed by atoms with E-state index in [0.717, 1.165) is 0 Å². The molecular weight excluding hydrogens is 237 g/mol. The number of anilines is 1. The van der Waals surface area contributed by atoms with Crippen LogP contribution in [0.15, 0.2) is 18.2 Å². The summed E-state index contributed by atoms with van der Waals surface area (Å²) in [5.41, 5.74) is 6.27. The number of methoxy groups -OCH3 is 1. The van der Waals surface area contributed by atoms with Crippen LogP contribution in [-0.2, 0) is 4.74 Å². The van der Waals surface area contributed by atoms with Crippen LogP contribution in [0, 0.1) is 5.82 Å². The predicted octanol–water partition coefficient (Wildman–Crippen LogP) is 1.27. The smallest absolute Gasteiger partial charge is 0.182 e. The number of nitrogen functional groups attached to an aromatic ring is 1. The molecule has 1 atom stereocenters. The first-order valence-electron chi connectivity index (χ1n) is 5.45. The van der Waals surface area contributed by atoms with Gasteiger partial charge in [-0.15, -0.1) is 5.10 Å². The van der Waals surface area contributed by atoms with Gasteiger partial charge in [-0.25, -0.2) is 9.07 Å². The first-order chi connectivity index (χ1) is 8.63. The molecule has 0 spiro atoms. The lowest BCUT2D eigenvalue weighted by Crippen LogP contribution is -2.14. The molecule has 1 aromatic heterocycles. The molecule has 0 aliphatic carbocycles. The van der Waals surface area contributed by atoms with E-state index in [0.29, 0.717) is 18.0 Å². The van der Waals surface area contributed by atoms with Crippen LogP contribution in [0.4, 0.5) is 10.1 Å². The Morgan fingerprint density at radius 1 is 1.50 bits per heavy atom. The maximum atomic E-state index is 13.1. The summed E-state index contributed by atoms with van der Waals surface area (Å²) in [5, 5.41) is 11.5. The van der Waals surface area contributed by atoms with Gasteiger partial charge in [-0.1, -0.05) is 0 Å². The maximum Gasteiger partial charge on any atom is 0.182 e. The van der Waals surface area contributed by atoms with Gasteiger partial charge in [0, 0.05) is 12.7 Å². The molecule has 0 aliphatic heterocycles. The number of halogens is 1. The van der Waals surface area contributed by atoms with Crippen molar-refractivity contribution in [3.8, 4) is 11.4 Å². The van der Waals surface area contributed by atoms with E-state index in [1.807, 2.05) is 6.92 Å². The highest BCUT2D eigenvalue weighted by Crippen LogP contribution is 2.22. The minimum Gasteiger partial charge on any atom is -0.396 e. The van der Waals surface area contributed by atoms with E-state index in [9.17, 15) is 4.39 Å². The number of nitrogens with two attached hydrogens (primary N) is 1. The molecule has 1 aromatic carbocycles. The van der Waals surface area contributed by atoms with Crippen LogP contribution in [0.3, 0.4) is 0 Å². The minimum absolute atomic E-state index is 0.0220. The van der Waals surface area contributed by atoms with E-state index in [-0.39, 0.29) is 11.7 Å². The Morgan fingerprint density at radius 2 is 2.28 bits per heavy atom. The van der Waals surface area contributed by atoms with Crippen molar-refractivity contribution in [3.63, 3.8) is 0 Å². The summed E-state index contributed by atoms with van der Waals surface area (Å²) in [6.07, 6.45) is 0. The van der Waals surface area contributed by atoms with Crippen LogP contribution in [-0.4, -0.2) is 33.9 Å². The van der Waals surface area contributed by atoms with Crippen molar-refractivity contribution in [3.05, 3.63) is 24.0 Å². The lowest BCUT2D eigenvalue weighted by molar-refractivity contribution is 0.156. The van der Waals surface area contributed by atoms with E-state index >= 15 is 0 Å². The Kier molecular flexibility index (Phi) is 3.52. The standard InChI is InChI=1S/C11H14FN5O/c1-7(6-18-2)17-11(14-15-16-17)8-3-4-9(12)10(13)5-8/h3-5,7H,6,13H2,1-2H3. The molecule has 0 saturated carbocycles. The zero-order chi connectivity index (χ0) is 13.1. The number of hydrogen-bond acceptors (Lipinski definition) is 5. The van der Waals surface area contributed by atoms with Crippen molar-refractivity contribution >= 4 is 5.69 Å². The Hall–Kier alpha value is -2.02. The largest absolute Gasteiger partial charge is 0.396 e. The second-order valence-corrected chi connectivity index (χ2v) is 3.99. The number of tetrazole rings is 1. The molecule has 0 fully saturated rings. The van der Waals surface area contributed by atoms with Crippen LogP contribution in [0.5, 0.6) is 0 Å². The fraction of sp³-hybridized carbons (Fsp3) is 0.364. The van der Waals surface area contributed by atoms with Gasteiger partial charge in [0.25, 0.3) is 0 Å². The molecule has 2 N–H and O–H groups in total. The third kappa shape index (κ3) is 2.30. The SMILES string of the molecule is COCC(C)n1nnnc1-c1ccc(F)c(N)c1. The number of aromatic nitrogens is 4. The summed E-state index contributed by atoms with van der Waals surface area (Å²) >= 11 is 0. The van der Waals surface area contributed by atoms with Crippen LogP contribution in [0.25, 0.3) is 11.4 Å². The normalized spacial score (nSPS) is 12.6. The lowest BCUT2D eigenvalue weighted by atomic mass is 10.2. The van der Waals surface area contributed by atoms with Gasteiger partial charge >= 0.3 is 0 Å². The van der Waals surface area contributed by atoms with Crippen LogP contribution < -0.4 is 5.73 Å². The van der Waals surface area contributed by atoms with Gasteiger partial charge < -0.3 is 10.5 Å². The molecule has 0 radical (unpaired) electrons. The first kappa shape index (κ1) is 12.4. The fourth-order valence-corrected chi connectivity index (χ4v) is 1.68. The summed E-state index contributed by atoms with van der Waals surface area (Å²) < 4.78 is 19.8. The van der Waals surface area contributed by atoms with Gasteiger partial charge in [0.1, 0.15) is 5.82 Å². The number of ether oxygens (including phenoxy) is 1. The van der Waals surface area contributed by atoms with Gasteiger partial charge in [-0.05, 0) is 35.5 Å².